The predicted octanol–water partition coefficient (Wildman–Crippen LogP) is 1.47. The zero-order valence-electron chi connectivity index (χ0n) is 10.3. The van der Waals surface area contributed by atoms with Gasteiger partial charge in [-0.25, -0.2) is 0 Å². The lowest BCUT2D eigenvalue weighted by molar-refractivity contribution is -0.132. The summed E-state index contributed by atoms with van der Waals surface area (Å²) in [5.41, 5.74) is 5.86. The van der Waals surface area contributed by atoms with E-state index in [0.717, 1.165) is 30.9 Å². The molecule has 0 radical (unpaired) electrons. The van der Waals surface area contributed by atoms with E-state index in [1.165, 1.54) is 0 Å². The van der Waals surface area contributed by atoms with Crippen molar-refractivity contribution in [3.8, 4) is 0 Å². The quantitative estimate of drug-likeness (QED) is 0.864. The van der Waals surface area contributed by atoms with Gasteiger partial charge in [-0.2, -0.15) is 0 Å². The number of carbonyl (C=O) groups is 1. The number of nitrogens with zero attached hydrogens (tertiary/aromatic N) is 1. The summed E-state index contributed by atoms with van der Waals surface area (Å²) < 4.78 is 5.45. The van der Waals surface area contributed by atoms with Crippen LogP contribution in [0.2, 0.25) is 0 Å². The highest BCUT2D eigenvalue weighted by Gasteiger charge is 2.20. The Morgan fingerprint density at radius 2 is 2.41 bits per heavy atom. The van der Waals surface area contributed by atoms with Crippen LogP contribution < -0.4 is 5.73 Å². The summed E-state index contributed by atoms with van der Waals surface area (Å²) in [6, 6.07) is 4.01. The maximum Gasteiger partial charge on any atom is 0.223 e. The Morgan fingerprint density at radius 3 is 3.06 bits per heavy atom. The SMILES string of the molecule is Cc1ccc(CCC(=O)N2CCCC(N)C2)o1. The van der Waals surface area contributed by atoms with Gasteiger partial charge in [-0.15, -0.1) is 0 Å². The molecule has 1 aromatic heterocycles. The number of piperidine rings is 1. The van der Waals surface area contributed by atoms with Crippen LogP contribution in [0.3, 0.4) is 0 Å². The number of carbonyl (C=O) groups excluding carboxylic acids is 1. The summed E-state index contributed by atoms with van der Waals surface area (Å²) in [5, 5.41) is 0. The predicted molar refractivity (Wildman–Crippen MR) is 65.6 cm³/mol. The monoisotopic (exact) mass is 236 g/mol. The molecule has 2 rings (SSSR count). The number of likely N-dealkylation sites (tertiary alicyclic amines) is 1. The van der Waals surface area contributed by atoms with Crippen LogP contribution in [0.15, 0.2) is 16.5 Å². The van der Waals surface area contributed by atoms with E-state index < -0.39 is 0 Å². The Kier molecular flexibility index (Phi) is 3.84. The summed E-state index contributed by atoms with van der Waals surface area (Å²) in [4.78, 5) is 13.8. The van der Waals surface area contributed by atoms with E-state index in [2.05, 4.69) is 0 Å². The van der Waals surface area contributed by atoms with Gasteiger partial charge in [-0.1, -0.05) is 0 Å². The van der Waals surface area contributed by atoms with Gasteiger partial charge in [0.1, 0.15) is 11.5 Å². The van der Waals surface area contributed by atoms with Crippen molar-refractivity contribution in [2.24, 2.45) is 5.73 Å². The number of hydrogen-bond donors (Lipinski definition) is 1. The minimum absolute atomic E-state index is 0.151. The molecule has 0 aromatic carbocycles. The van der Waals surface area contributed by atoms with Gasteiger partial charge in [0.2, 0.25) is 5.91 Å². The van der Waals surface area contributed by atoms with Crippen molar-refractivity contribution in [1.29, 1.82) is 0 Å². The maximum absolute atomic E-state index is 12.0. The fraction of sp³-hybridized carbons (Fsp3) is 0.615. The summed E-state index contributed by atoms with van der Waals surface area (Å²) in [5.74, 6) is 1.97. The number of furan rings is 1. The molecule has 1 aromatic rings. The normalized spacial score (nSPS) is 20.6. The number of aryl methyl sites for hydroxylation is 2. The molecule has 1 amide bonds. The van der Waals surface area contributed by atoms with Crippen molar-refractivity contribution >= 4 is 5.91 Å². The first-order valence-electron chi connectivity index (χ1n) is 6.24. The van der Waals surface area contributed by atoms with Crippen LogP contribution in [0.4, 0.5) is 0 Å². The first kappa shape index (κ1) is 12.2. The van der Waals surface area contributed by atoms with Gasteiger partial charge < -0.3 is 15.1 Å². The van der Waals surface area contributed by atoms with Crippen molar-refractivity contribution in [3.05, 3.63) is 23.7 Å². The van der Waals surface area contributed by atoms with Crippen LogP contribution in [0.5, 0.6) is 0 Å². The third kappa shape index (κ3) is 3.33. The smallest absolute Gasteiger partial charge is 0.223 e. The highest BCUT2D eigenvalue weighted by atomic mass is 16.3. The Labute approximate surface area is 102 Å². The number of hydrogen-bond acceptors (Lipinski definition) is 3. The van der Waals surface area contributed by atoms with E-state index in [1.807, 2.05) is 24.0 Å². The largest absolute Gasteiger partial charge is 0.466 e. The molecule has 1 aliphatic heterocycles. The van der Waals surface area contributed by atoms with Gasteiger partial charge in [0.15, 0.2) is 0 Å². The zero-order valence-corrected chi connectivity index (χ0v) is 10.3. The molecule has 0 aliphatic carbocycles. The van der Waals surface area contributed by atoms with E-state index >= 15 is 0 Å². The summed E-state index contributed by atoms with van der Waals surface area (Å²) in [6.45, 7) is 3.47. The van der Waals surface area contributed by atoms with Crippen molar-refractivity contribution in [1.82, 2.24) is 4.90 Å². The van der Waals surface area contributed by atoms with Gasteiger partial charge in [-0.05, 0) is 31.9 Å². The van der Waals surface area contributed by atoms with Crippen LogP contribution in [-0.2, 0) is 11.2 Å². The zero-order chi connectivity index (χ0) is 12.3. The topological polar surface area (TPSA) is 59.5 Å². The lowest BCUT2D eigenvalue weighted by atomic mass is 10.1. The van der Waals surface area contributed by atoms with Crippen molar-refractivity contribution in [2.75, 3.05) is 13.1 Å². The van der Waals surface area contributed by atoms with Crippen LogP contribution in [-0.4, -0.2) is 29.9 Å². The first-order valence-corrected chi connectivity index (χ1v) is 6.24. The Morgan fingerprint density at radius 1 is 1.59 bits per heavy atom. The Bertz CT molecular complexity index is 387. The summed E-state index contributed by atoms with van der Waals surface area (Å²) >= 11 is 0. The summed E-state index contributed by atoms with van der Waals surface area (Å²) in [7, 11) is 0. The number of amides is 1. The second kappa shape index (κ2) is 5.36. The molecule has 1 saturated heterocycles. The van der Waals surface area contributed by atoms with E-state index in [4.69, 9.17) is 10.2 Å². The molecule has 2 N–H and O–H groups in total. The molecule has 0 spiro atoms. The van der Waals surface area contributed by atoms with E-state index in [1.54, 1.807) is 0 Å². The Balaban J connectivity index is 1.80. The van der Waals surface area contributed by atoms with E-state index in [0.29, 0.717) is 19.4 Å². The lowest BCUT2D eigenvalue weighted by Gasteiger charge is -2.30. The van der Waals surface area contributed by atoms with Crippen LogP contribution in [0, 0.1) is 6.92 Å². The molecule has 1 unspecified atom stereocenters. The molecule has 17 heavy (non-hydrogen) atoms. The van der Waals surface area contributed by atoms with Gasteiger partial charge in [0, 0.05) is 32.0 Å². The molecule has 94 valence electrons. The highest BCUT2D eigenvalue weighted by molar-refractivity contribution is 5.76. The second-order valence-electron chi connectivity index (χ2n) is 4.75. The standard InChI is InChI=1S/C13H20N2O2/c1-10-4-5-12(17-10)6-7-13(16)15-8-2-3-11(14)9-15/h4-5,11H,2-3,6-9,14H2,1H3. The van der Waals surface area contributed by atoms with E-state index in [9.17, 15) is 4.79 Å². The number of nitrogens with two attached hydrogens (primary N) is 1. The van der Waals surface area contributed by atoms with E-state index in [-0.39, 0.29) is 11.9 Å². The van der Waals surface area contributed by atoms with Crippen molar-refractivity contribution in [2.45, 2.75) is 38.6 Å². The maximum atomic E-state index is 12.0. The number of rotatable bonds is 3. The molecular formula is C13H20N2O2. The average Bonchev–Trinajstić information content (AvgIpc) is 2.72. The minimum atomic E-state index is 0.151. The molecular weight excluding hydrogens is 216 g/mol. The highest BCUT2D eigenvalue weighted by Crippen LogP contribution is 2.13. The summed E-state index contributed by atoms with van der Waals surface area (Å²) in [6.07, 6.45) is 3.24. The molecule has 2 heterocycles. The molecule has 0 bridgehead atoms. The van der Waals surface area contributed by atoms with Gasteiger partial charge >= 0.3 is 0 Å². The first-order chi connectivity index (χ1) is 8.15. The molecule has 4 nitrogen and oxygen atoms in total. The fourth-order valence-corrected chi connectivity index (χ4v) is 2.24. The van der Waals surface area contributed by atoms with Gasteiger partial charge in [-0.3, -0.25) is 4.79 Å². The molecule has 1 aliphatic rings. The average molecular weight is 236 g/mol. The van der Waals surface area contributed by atoms with Crippen LogP contribution >= 0.6 is 0 Å². The molecule has 0 saturated carbocycles. The molecule has 4 heteroatoms. The van der Waals surface area contributed by atoms with Crippen molar-refractivity contribution < 1.29 is 9.21 Å². The van der Waals surface area contributed by atoms with Crippen LogP contribution in [0.25, 0.3) is 0 Å². The van der Waals surface area contributed by atoms with Crippen molar-refractivity contribution in [3.63, 3.8) is 0 Å². The second-order valence-corrected chi connectivity index (χ2v) is 4.75. The third-order valence-electron chi connectivity index (χ3n) is 3.19. The van der Waals surface area contributed by atoms with Crippen LogP contribution in [0.1, 0.15) is 30.8 Å². The lowest BCUT2D eigenvalue weighted by Crippen LogP contribution is -2.45. The Hall–Kier alpha value is -1.29. The minimum Gasteiger partial charge on any atom is -0.466 e. The van der Waals surface area contributed by atoms with Gasteiger partial charge in [0.25, 0.3) is 0 Å². The molecule has 1 atom stereocenters. The molecule has 1 fully saturated rings. The fourth-order valence-electron chi connectivity index (χ4n) is 2.24. The van der Waals surface area contributed by atoms with Gasteiger partial charge in [0.05, 0.1) is 0 Å². The third-order valence-corrected chi connectivity index (χ3v) is 3.19.